The highest BCUT2D eigenvalue weighted by Crippen LogP contribution is 2.19. The van der Waals surface area contributed by atoms with Crippen molar-refractivity contribution in [1.29, 1.82) is 0 Å². The first-order chi connectivity index (χ1) is 12.6. The number of carbonyl (C=O) groups excluding carboxylic acids is 1. The zero-order valence-electron chi connectivity index (χ0n) is 15.0. The van der Waals surface area contributed by atoms with Gasteiger partial charge in [0.2, 0.25) is 0 Å². The summed E-state index contributed by atoms with van der Waals surface area (Å²) >= 11 is 1.58. The molecule has 0 amide bonds. The van der Waals surface area contributed by atoms with Gasteiger partial charge in [-0.2, -0.15) is 0 Å². The Balaban J connectivity index is 1.75. The van der Waals surface area contributed by atoms with E-state index in [1.807, 2.05) is 30.3 Å². The summed E-state index contributed by atoms with van der Waals surface area (Å²) in [5.41, 5.74) is 1.18. The number of nitrogens with zero attached hydrogens (tertiary/aromatic N) is 2. The fourth-order valence-corrected chi connectivity index (χ4v) is 3.31. The molecular weight excluding hydrogens is 348 g/mol. The van der Waals surface area contributed by atoms with E-state index in [2.05, 4.69) is 11.6 Å². The molecule has 1 heterocycles. The zero-order valence-corrected chi connectivity index (χ0v) is 15.8. The van der Waals surface area contributed by atoms with Gasteiger partial charge in [-0.3, -0.25) is 9.36 Å². The molecule has 1 aromatic heterocycles. The lowest BCUT2D eigenvalue weighted by Crippen LogP contribution is -2.19. The number of hydrogen-bond donors (Lipinski definition) is 0. The van der Waals surface area contributed by atoms with Gasteiger partial charge in [0, 0.05) is 23.6 Å². The van der Waals surface area contributed by atoms with Gasteiger partial charge in [0.15, 0.2) is 5.16 Å². The topological polar surface area (TPSA) is 61.2 Å². The minimum atomic E-state index is -0.324. The van der Waals surface area contributed by atoms with Crippen molar-refractivity contribution in [2.75, 3.05) is 12.4 Å². The van der Waals surface area contributed by atoms with Crippen LogP contribution < -0.4 is 5.56 Å². The first-order valence-electron chi connectivity index (χ1n) is 8.68. The molecule has 6 heteroatoms. The van der Waals surface area contributed by atoms with Crippen molar-refractivity contribution in [2.24, 2.45) is 0 Å². The molecule has 0 spiro atoms. The van der Waals surface area contributed by atoms with Crippen molar-refractivity contribution in [1.82, 2.24) is 9.55 Å². The van der Waals surface area contributed by atoms with E-state index >= 15 is 0 Å². The molecule has 0 radical (unpaired) electrons. The third kappa shape index (κ3) is 6.19. The molecule has 0 bridgehead atoms. The molecule has 0 fully saturated rings. The van der Waals surface area contributed by atoms with Gasteiger partial charge < -0.3 is 4.74 Å². The Kier molecular flexibility index (Phi) is 8.15. The Bertz CT molecular complexity index is 787. The number of unbranched alkanes of at least 4 members (excludes halogenated alkanes) is 3. The summed E-state index contributed by atoms with van der Waals surface area (Å²) in [6.07, 6.45) is 5.46. The van der Waals surface area contributed by atoms with Crippen molar-refractivity contribution in [3.05, 3.63) is 65.1 Å². The second-order valence-electron chi connectivity index (χ2n) is 5.92. The number of benzene rings is 1. The summed E-state index contributed by atoms with van der Waals surface area (Å²) in [6.45, 7) is 5.63. The normalized spacial score (nSPS) is 10.5. The van der Waals surface area contributed by atoms with E-state index in [1.165, 1.54) is 6.07 Å². The van der Waals surface area contributed by atoms with Crippen LogP contribution in [0, 0.1) is 0 Å². The van der Waals surface area contributed by atoms with Gasteiger partial charge in [-0.25, -0.2) is 9.78 Å². The van der Waals surface area contributed by atoms with Crippen LogP contribution in [-0.2, 0) is 9.53 Å². The highest BCUT2D eigenvalue weighted by Gasteiger charge is 2.07. The van der Waals surface area contributed by atoms with Crippen LogP contribution in [0.1, 0.15) is 32.6 Å². The van der Waals surface area contributed by atoms with E-state index in [0.717, 1.165) is 37.1 Å². The lowest BCUT2D eigenvalue weighted by atomic mass is 10.2. The summed E-state index contributed by atoms with van der Waals surface area (Å²) < 4.78 is 6.71. The number of hydrogen-bond acceptors (Lipinski definition) is 5. The highest BCUT2D eigenvalue weighted by atomic mass is 32.2. The summed E-state index contributed by atoms with van der Waals surface area (Å²) in [4.78, 5) is 27.8. The number of rotatable bonds is 10. The lowest BCUT2D eigenvalue weighted by molar-refractivity contribution is -0.139. The molecule has 0 saturated heterocycles. The molecule has 0 atom stereocenters. The molecule has 0 N–H and O–H groups in total. The maximum absolute atomic E-state index is 12.2. The zero-order chi connectivity index (χ0) is 18.8. The van der Waals surface area contributed by atoms with Gasteiger partial charge in [0.25, 0.3) is 5.56 Å². The molecule has 2 rings (SSSR count). The van der Waals surface area contributed by atoms with Crippen molar-refractivity contribution < 1.29 is 9.53 Å². The van der Waals surface area contributed by atoms with Crippen LogP contribution in [-0.4, -0.2) is 27.9 Å². The van der Waals surface area contributed by atoms with Crippen molar-refractivity contribution in [3.63, 3.8) is 0 Å². The molecule has 0 aliphatic heterocycles. The third-order valence-corrected chi connectivity index (χ3v) is 4.72. The summed E-state index contributed by atoms with van der Waals surface area (Å²) in [7, 11) is 0. The number of para-hydroxylation sites is 1. The van der Waals surface area contributed by atoms with E-state index in [9.17, 15) is 9.59 Å². The van der Waals surface area contributed by atoms with Gasteiger partial charge >= 0.3 is 5.97 Å². The summed E-state index contributed by atoms with van der Waals surface area (Å²) in [5, 5.41) is 0.707. The molecule has 0 saturated carbocycles. The largest absolute Gasteiger partial charge is 0.462 e. The average Bonchev–Trinajstić information content (AvgIpc) is 2.64. The highest BCUT2D eigenvalue weighted by molar-refractivity contribution is 7.99. The predicted octanol–water partition coefficient (Wildman–Crippen LogP) is 4.00. The van der Waals surface area contributed by atoms with E-state index in [1.54, 1.807) is 29.4 Å². The smallest absolute Gasteiger partial charge is 0.333 e. The van der Waals surface area contributed by atoms with Crippen LogP contribution in [0.5, 0.6) is 0 Å². The molecule has 26 heavy (non-hydrogen) atoms. The maximum Gasteiger partial charge on any atom is 0.333 e. The Labute approximate surface area is 158 Å². The Morgan fingerprint density at radius 3 is 2.62 bits per heavy atom. The first kappa shape index (κ1) is 20.0. The van der Waals surface area contributed by atoms with Gasteiger partial charge in [0.05, 0.1) is 12.3 Å². The Morgan fingerprint density at radius 1 is 1.15 bits per heavy atom. The number of ether oxygens (including phenoxy) is 1. The Morgan fingerprint density at radius 2 is 1.88 bits per heavy atom. The van der Waals surface area contributed by atoms with E-state index in [0.29, 0.717) is 17.3 Å². The van der Waals surface area contributed by atoms with Crippen LogP contribution in [0.25, 0.3) is 5.69 Å². The summed E-state index contributed by atoms with van der Waals surface area (Å²) in [5.74, 6) is 0.559. The standard InChI is InChI=1S/C20H24N2O3S/c1-16(2)19(24)25-14-8-3-4-9-15-26-20-21-13-12-18(23)22(20)17-10-6-5-7-11-17/h5-7,10-13H,1,3-4,8-9,14-15H2,2H3. The molecule has 138 valence electrons. The van der Waals surface area contributed by atoms with Crippen LogP contribution in [0.3, 0.4) is 0 Å². The van der Waals surface area contributed by atoms with Crippen LogP contribution in [0.2, 0.25) is 0 Å². The van der Waals surface area contributed by atoms with Crippen molar-refractivity contribution >= 4 is 17.7 Å². The third-order valence-electron chi connectivity index (χ3n) is 3.68. The van der Waals surface area contributed by atoms with Gasteiger partial charge in [-0.05, 0) is 31.9 Å². The predicted molar refractivity (Wildman–Crippen MR) is 105 cm³/mol. The van der Waals surface area contributed by atoms with Crippen LogP contribution in [0.4, 0.5) is 0 Å². The molecule has 0 aliphatic rings. The van der Waals surface area contributed by atoms with E-state index in [4.69, 9.17) is 4.74 Å². The summed E-state index contributed by atoms with van der Waals surface area (Å²) in [6, 6.07) is 11.0. The van der Waals surface area contributed by atoms with Crippen LogP contribution >= 0.6 is 11.8 Å². The molecule has 1 aromatic carbocycles. The fraction of sp³-hybridized carbons (Fsp3) is 0.350. The average molecular weight is 372 g/mol. The lowest BCUT2D eigenvalue weighted by Gasteiger charge is -2.10. The number of carbonyl (C=O) groups is 1. The number of esters is 1. The minimum absolute atomic E-state index is 0.0759. The molecule has 2 aromatic rings. The maximum atomic E-state index is 12.2. The SMILES string of the molecule is C=C(C)C(=O)OCCCCCCSc1nccc(=O)n1-c1ccccc1. The van der Waals surface area contributed by atoms with Crippen LogP contribution in [0.15, 0.2) is 64.7 Å². The molecule has 0 aliphatic carbocycles. The number of aromatic nitrogens is 2. The van der Waals surface area contributed by atoms with Crippen molar-refractivity contribution in [3.8, 4) is 5.69 Å². The minimum Gasteiger partial charge on any atom is -0.462 e. The second kappa shape index (κ2) is 10.6. The molecule has 0 unspecified atom stereocenters. The quantitative estimate of drug-likeness (QED) is 0.207. The Hall–Kier alpha value is -2.34. The van der Waals surface area contributed by atoms with E-state index in [-0.39, 0.29) is 11.5 Å². The first-order valence-corrected chi connectivity index (χ1v) is 9.67. The molecule has 5 nitrogen and oxygen atoms in total. The number of thioether (sulfide) groups is 1. The van der Waals surface area contributed by atoms with Crippen molar-refractivity contribution in [2.45, 2.75) is 37.8 Å². The van der Waals surface area contributed by atoms with Gasteiger partial charge in [0.1, 0.15) is 0 Å². The van der Waals surface area contributed by atoms with Gasteiger partial charge in [-0.1, -0.05) is 49.4 Å². The van der Waals surface area contributed by atoms with Gasteiger partial charge in [-0.15, -0.1) is 0 Å². The second-order valence-corrected chi connectivity index (χ2v) is 6.98. The molecular formula is C20H24N2O3S. The fourth-order valence-electron chi connectivity index (χ4n) is 2.32. The van der Waals surface area contributed by atoms with E-state index < -0.39 is 0 Å². The monoisotopic (exact) mass is 372 g/mol.